The van der Waals surface area contributed by atoms with E-state index in [1.165, 1.54) is 32.4 Å². The molecule has 0 radical (unpaired) electrons. The van der Waals surface area contributed by atoms with Crippen LogP contribution in [0, 0.1) is 0 Å². The van der Waals surface area contributed by atoms with Crippen LogP contribution in [0.3, 0.4) is 0 Å². The number of hydrogen-bond acceptors (Lipinski definition) is 3. The number of esters is 1. The second-order valence-electron chi connectivity index (χ2n) is 4.30. The summed E-state index contributed by atoms with van der Waals surface area (Å²) in [4.78, 5) is 13.7. The number of nitrogens with zero attached hydrogens (tertiary/aromatic N) is 1. The number of rotatable bonds is 1. The van der Waals surface area contributed by atoms with Gasteiger partial charge < -0.3 is 9.64 Å². The Morgan fingerprint density at radius 3 is 2.71 bits per heavy atom. The van der Waals surface area contributed by atoms with Crippen molar-refractivity contribution in [2.75, 3.05) is 19.7 Å². The van der Waals surface area contributed by atoms with Gasteiger partial charge in [0, 0.05) is 12.5 Å². The Balaban J connectivity index is 1.86. The first-order chi connectivity index (χ1) is 6.86. The molecule has 0 bridgehead atoms. The topological polar surface area (TPSA) is 29.5 Å². The van der Waals surface area contributed by atoms with Gasteiger partial charge >= 0.3 is 5.97 Å². The molecular formula is C11H19NO2. The highest BCUT2D eigenvalue weighted by molar-refractivity contribution is 5.69. The summed E-state index contributed by atoms with van der Waals surface area (Å²) < 4.78 is 5.04. The Bertz CT molecular complexity index is 199. The average Bonchev–Trinajstić information content (AvgIpc) is 2.65. The summed E-state index contributed by atoms with van der Waals surface area (Å²) in [6.45, 7) is 3.10. The molecule has 2 fully saturated rings. The number of carbonyl (C=O) groups excluding carboxylic acids is 1. The molecule has 0 aromatic heterocycles. The predicted molar refractivity (Wildman–Crippen MR) is 54.0 cm³/mol. The highest BCUT2D eigenvalue weighted by Gasteiger charge is 2.23. The first-order valence-electron chi connectivity index (χ1n) is 5.76. The molecule has 2 heterocycles. The molecule has 1 atom stereocenters. The Kier molecular flexibility index (Phi) is 3.40. The second-order valence-corrected chi connectivity index (χ2v) is 4.30. The molecule has 0 amide bonds. The third-order valence-electron chi connectivity index (χ3n) is 3.28. The third kappa shape index (κ3) is 2.47. The lowest BCUT2D eigenvalue weighted by Gasteiger charge is -2.28. The van der Waals surface area contributed by atoms with E-state index in [1.54, 1.807) is 0 Å². The van der Waals surface area contributed by atoms with Crippen LogP contribution in [0.1, 0.15) is 38.5 Å². The van der Waals surface area contributed by atoms with E-state index in [4.69, 9.17) is 4.74 Å². The molecule has 0 saturated carbocycles. The standard InChI is InChI=1S/C11H19NO2/c13-11-6-5-10(4-3-9-14-11)12-7-1-2-8-12/h10H,1-9H2. The smallest absolute Gasteiger partial charge is 0.305 e. The molecule has 2 rings (SSSR count). The van der Waals surface area contributed by atoms with Gasteiger partial charge in [0.2, 0.25) is 0 Å². The molecular weight excluding hydrogens is 178 g/mol. The number of ether oxygens (including phenoxy) is 1. The van der Waals surface area contributed by atoms with Crippen LogP contribution < -0.4 is 0 Å². The lowest BCUT2D eigenvalue weighted by molar-refractivity contribution is -0.145. The lowest BCUT2D eigenvalue weighted by atomic mass is 10.0. The highest BCUT2D eigenvalue weighted by Crippen LogP contribution is 2.20. The maximum Gasteiger partial charge on any atom is 0.305 e. The Morgan fingerprint density at radius 1 is 1.14 bits per heavy atom. The molecule has 1 unspecified atom stereocenters. The summed E-state index contributed by atoms with van der Waals surface area (Å²) in [7, 11) is 0. The fourth-order valence-electron chi connectivity index (χ4n) is 2.48. The van der Waals surface area contributed by atoms with Crippen molar-refractivity contribution < 1.29 is 9.53 Å². The van der Waals surface area contributed by atoms with E-state index < -0.39 is 0 Å². The monoisotopic (exact) mass is 197 g/mol. The summed E-state index contributed by atoms with van der Waals surface area (Å²) in [5, 5.41) is 0. The zero-order valence-electron chi connectivity index (χ0n) is 8.71. The molecule has 3 heteroatoms. The quantitative estimate of drug-likeness (QED) is 0.598. The zero-order chi connectivity index (χ0) is 9.80. The van der Waals surface area contributed by atoms with E-state index in [2.05, 4.69) is 4.90 Å². The van der Waals surface area contributed by atoms with E-state index in [-0.39, 0.29) is 5.97 Å². The van der Waals surface area contributed by atoms with Gasteiger partial charge in [0.1, 0.15) is 0 Å². The van der Waals surface area contributed by atoms with Gasteiger partial charge in [-0.05, 0) is 45.2 Å². The maximum atomic E-state index is 11.2. The minimum Gasteiger partial charge on any atom is -0.466 e. The molecule has 14 heavy (non-hydrogen) atoms. The largest absolute Gasteiger partial charge is 0.466 e. The van der Waals surface area contributed by atoms with Gasteiger partial charge in [-0.25, -0.2) is 0 Å². The third-order valence-corrected chi connectivity index (χ3v) is 3.28. The molecule has 0 spiro atoms. The van der Waals surface area contributed by atoms with E-state index in [0.29, 0.717) is 19.1 Å². The van der Waals surface area contributed by atoms with Crippen molar-refractivity contribution in [3.63, 3.8) is 0 Å². The molecule has 0 aromatic rings. The van der Waals surface area contributed by atoms with E-state index >= 15 is 0 Å². The van der Waals surface area contributed by atoms with Crippen LogP contribution in [-0.2, 0) is 9.53 Å². The van der Waals surface area contributed by atoms with Gasteiger partial charge in [-0.2, -0.15) is 0 Å². The van der Waals surface area contributed by atoms with Gasteiger partial charge in [0.15, 0.2) is 0 Å². The van der Waals surface area contributed by atoms with Crippen molar-refractivity contribution in [1.29, 1.82) is 0 Å². The van der Waals surface area contributed by atoms with Gasteiger partial charge in [-0.3, -0.25) is 4.79 Å². The van der Waals surface area contributed by atoms with Crippen molar-refractivity contribution in [2.45, 2.75) is 44.6 Å². The summed E-state index contributed by atoms with van der Waals surface area (Å²) in [6.07, 6.45) is 6.52. The summed E-state index contributed by atoms with van der Waals surface area (Å²) in [6, 6.07) is 0.644. The summed E-state index contributed by atoms with van der Waals surface area (Å²) in [5.74, 6) is -0.00565. The van der Waals surface area contributed by atoms with Crippen LogP contribution in [-0.4, -0.2) is 36.6 Å². The van der Waals surface area contributed by atoms with Crippen LogP contribution in [0.25, 0.3) is 0 Å². The first-order valence-corrected chi connectivity index (χ1v) is 5.76. The van der Waals surface area contributed by atoms with Gasteiger partial charge in [0.05, 0.1) is 6.61 Å². The van der Waals surface area contributed by atoms with Crippen LogP contribution in [0.4, 0.5) is 0 Å². The molecule has 2 aliphatic rings. The number of hydrogen-bond donors (Lipinski definition) is 0. The Morgan fingerprint density at radius 2 is 1.93 bits per heavy atom. The molecule has 2 saturated heterocycles. The van der Waals surface area contributed by atoms with Crippen molar-refractivity contribution >= 4 is 5.97 Å². The van der Waals surface area contributed by atoms with Crippen molar-refractivity contribution in [3.05, 3.63) is 0 Å². The molecule has 0 aromatic carbocycles. The van der Waals surface area contributed by atoms with E-state index in [9.17, 15) is 4.79 Å². The number of cyclic esters (lactones) is 1. The predicted octanol–water partition coefficient (Wildman–Crippen LogP) is 1.57. The van der Waals surface area contributed by atoms with Crippen molar-refractivity contribution in [3.8, 4) is 0 Å². The highest BCUT2D eigenvalue weighted by atomic mass is 16.5. The SMILES string of the molecule is O=C1CCC(N2CCCC2)CCCO1. The number of carbonyl (C=O) groups is 1. The van der Waals surface area contributed by atoms with Crippen LogP contribution in [0.2, 0.25) is 0 Å². The maximum absolute atomic E-state index is 11.2. The van der Waals surface area contributed by atoms with Gasteiger partial charge in [0.25, 0.3) is 0 Å². The molecule has 0 N–H and O–H groups in total. The zero-order valence-corrected chi connectivity index (χ0v) is 8.71. The fourth-order valence-corrected chi connectivity index (χ4v) is 2.48. The van der Waals surface area contributed by atoms with Gasteiger partial charge in [-0.1, -0.05) is 0 Å². The van der Waals surface area contributed by atoms with Crippen LogP contribution >= 0.6 is 0 Å². The first kappa shape index (κ1) is 9.97. The molecule has 2 aliphatic heterocycles. The summed E-state index contributed by atoms with van der Waals surface area (Å²) in [5.41, 5.74) is 0. The second kappa shape index (κ2) is 4.78. The minimum atomic E-state index is -0.00565. The molecule has 0 aliphatic carbocycles. The van der Waals surface area contributed by atoms with Crippen molar-refractivity contribution in [1.82, 2.24) is 4.90 Å². The lowest BCUT2D eigenvalue weighted by Crippen LogP contribution is -2.34. The Hall–Kier alpha value is -0.570. The minimum absolute atomic E-state index is 0.00565. The fraction of sp³-hybridized carbons (Fsp3) is 0.909. The summed E-state index contributed by atoms with van der Waals surface area (Å²) >= 11 is 0. The molecule has 80 valence electrons. The van der Waals surface area contributed by atoms with Gasteiger partial charge in [-0.15, -0.1) is 0 Å². The Labute approximate surface area is 85.4 Å². The van der Waals surface area contributed by atoms with Crippen LogP contribution in [0.5, 0.6) is 0 Å². The van der Waals surface area contributed by atoms with Crippen LogP contribution in [0.15, 0.2) is 0 Å². The average molecular weight is 197 g/mol. The van der Waals surface area contributed by atoms with Crippen molar-refractivity contribution in [2.24, 2.45) is 0 Å². The molecule has 3 nitrogen and oxygen atoms in total. The normalized spacial score (nSPS) is 30.9. The number of likely N-dealkylation sites (tertiary alicyclic amines) is 1. The van der Waals surface area contributed by atoms with E-state index in [0.717, 1.165) is 12.8 Å². The van der Waals surface area contributed by atoms with E-state index in [1.807, 2.05) is 0 Å².